The Balaban J connectivity index is 3.76. The summed E-state index contributed by atoms with van der Waals surface area (Å²) < 4.78 is 0. The summed E-state index contributed by atoms with van der Waals surface area (Å²) in [5.74, 6) is 0.0341. The van der Waals surface area contributed by atoms with Crippen LogP contribution in [0.15, 0.2) is 29.4 Å². The van der Waals surface area contributed by atoms with E-state index < -0.39 is 0 Å². The summed E-state index contributed by atoms with van der Waals surface area (Å²) in [7, 11) is 0. The Kier molecular flexibility index (Phi) is 4.73. The monoisotopic (exact) mass is 152 g/mol. The Morgan fingerprint density at radius 2 is 2.36 bits per heavy atom. The van der Waals surface area contributed by atoms with Crippen LogP contribution in [0.5, 0.6) is 0 Å². The minimum absolute atomic E-state index is 0.0341. The molecule has 2 N–H and O–H groups in total. The number of allylic oxidation sites excluding steroid dienone is 2. The van der Waals surface area contributed by atoms with Crippen LogP contribution in [0.4, 0.5) is 0 Å². The van der Waals surface area contributed by atoms with E-state index in [-0.39, 0.29) is 12.3 Å². The molecule has 0 spiro atoms. The first kappa shape index (κ1) is 9.62. The zero-order valence-corrected chi connectivity index (χ0v) is 6.58. The number of hydrogen-bond acceptors (Lipinski definition) is 3. The number of hydrogen-bond donors (Lipinski definition) is 1. The number of nitrogens with zero attached hydrogens (tertiary/aromatic N) is 1. The van der Waals surface area contributed by atoms with Gasteiger partial charge in [-0.2, -0.15) is 0 Å². The second-order valence-corrected chi connectivity index (χ2v) is 2.06. The molecule has 0 unspecified atom stereocenters. The van der Waals surface area contributed by atoms with Crippen molar-refractivity contribution in [1.29, 1.82) is 0 Å². The molecule has 3 nitrogen and oxygen atoms in total. The van der Waals surface area contributed by atoms with Crippen molar-refractivity contribution in [3.05, 3.63) is 24.4 Å². The van der Waals surface area contributed by atoms with Crippen molar-refractivity contribution in [2.45, 2.75) is 6.92 Å². The smallest absolute Gasteiger partial charge is 0.151 e. The van der Waals surface area contributed by atoms with Gasteiger partial charge in [0, 0.05) is 11.9 Å². The van der Waals surface area contributed by atoms with Crippen LogP contribution in [-0.4, -0.2) is 18.5 Å². The van der Waals surface area contributed by atoms with Gasteiger partial charge in [-0.3, -0.25) is 9.79 Å². The van der Waals surface area contributed by atoms with Gasteiger partial charge in [-0.05, 0) is 19.1 Å². The summed E-state index contributed by atoms with van der Waals surface area (Å²) >= 11 is 0. The standard InChI is InChI=1S/C8H12N2O/c1-3-8(9)4-5-10-6-7(2)11/h3-5H,1,6,9H2,2H3/b8-4+,10-5?. The molecule has 60 valence electrons. The summed E-state index contributed by atoms with van der Waals surface area (Å²) in [5.41, 5.74) is 5.90. The third-order valence-corrected chi connectivity index (χ3v) is 0.922. The number of carbonyl (C=O) groups excluding carboxylic acids is 1. The SMILES string of the molecule is C=C/C(N)=C\C=NCC(C)=O. The quantitative estimate of drug-likeness (QED) is 0.475. The Morgan fingerprint density at radius 1 is 1.73 bits per heavy atom. The summed E-state index contributed by atoms with van der Waals surface area (Å²) in [6.07, 6.45) is 4.61. The number of carbonyl (C=O) groups is 1. The number of Topliss-reactive ketones (excluding diaryl/α,β-unsaturated/α-hetero) is 1. The Labute approximate surface area is 66.3 Å². The summed E-state index contributed by atoms with van der Waals surface area (Å²) in [6, 6.07) is 0. The van der Waals surface area contributed by atoms with Crippen molar-refractivity contribution in [3.63, 3.8) is 0 Å². The third kappa shape index (κ3) is 6.51. The molecule has 0 aliphatic carbocycles. The molecule has 11 heavy (non-hydrogen) atoms. The molecular weight excluding hydrogens is 140 g/mol. The molecule has 0 aromatic rings. The number of aliphatic imine (C=N–C) groups is 1. The van der Waals surface area contributed by atoms with E-state index in [0.29, 0.717) is 5.70 Å². The highest BCUT2D eigenvalue weighted by Crippen LogP contribution is 1.80. The van der Waals surface area contributed by atoms with Crippen molar-refractivity contribution in [3.8, 4) is 0 Å². The van der Waals surface area contributed by atoms with Crippen LogP contribution in [-0.2, 0) is 4.79 Å². The lowest BCUT2D eigenvalue weighted by Crippen LogP contribution is -1.95. The van der Waals surface area contributed by atoms with Gasteiger partial charge in [0.1, 0.15) is 0 Å². The molecule has 0 aliphatic heterocycles. The molecule has 0 saturated heterocycles. The van der Waals surface area contributed by atoms with E-state index >= 15 is 0 Å². The van der Waals surface area contributed by atoms with Crippen molar-refractivity contribution in [2.24, 2.45) is 10.7 Å². The molecule has 0 aromatic carbocycles. The van der Waals surface area contributed by atoms with E-state index in [9.17, 15) is 4.79 Å². The number of rotatable bonds is 4. The highest BCUT2D eigenvalue weighted by molar-refractivity contribution is 5.81. The van der Waals surface area contributed by atoms with Gasteiger partial charge in [0.15, 0.2) is 5.78 Å². The number of nitrogens with two attached hydrogens (primary N) is 1. The Hall–Kier alpha value is -1.38. The first-order valence-electron chi connectivity index (χ1n) is 3.24. The number of ketones is 1. The predicted octanol–water partition coefficient (Wildman–Crippen LogP) is 0.675. The van der Waals surface area contributed by atoms with Crippen molar-refractivity contribution in [2.75, 3.05) is 6.54 Å². The van der Waals surface area contributed by atoms with Crippen molar-refractivity contribution >= 4 is 12.0 Å². The molecule has 0 saturated carbocycles. The second-order valence-electron chi connectivity index (χ2n) is 2.06. The average molecular weight is 152 g/mol. The maximum Gasteiger partial charge on any atom is 0.151 e. The zero-order valence-electron chi connectivity index (χ0n) is 6.58. The first-order valence-corrected chi connectivity index (χ1v) is 3.24. The Morgan fingerprint density at radius 3 is 2.82 bits per heavy atom. The maximum absolute atomic E-state index is 10.4. The lowest BCUT2D eigenvalue weighted by Gasteiger charge is -1.85. The predicted molar refractivity (Wildman–Crippen MR) is 46.5 cm³/mol. The van der Waals surface area contributed by atoms with Gasteiger partial charge >= 0.3 is 0 Å². The van der Waals surface area contributed by atoms with Crippen LogP contribution < -0.4 is 5.73 Å². The van der Waals surface area contributed by atoms with E-state index in [4.69, 9.17) is 5.73 Å². The average Bonchev–Trinajstić information content (AvgIpc) is 1.97. The molecule has 0 aliphatic rings. The fourth-order valence-corrected chi connectivity index (χ4v) is 0.388. The van der Waals surface area contributed by atoms with Crippen LogP contribution >= 0.6 is 0 Å². The second kappa shape index (κ2) is 5.41. The summed E-state index contributed by atoms with van der Waals surface area (Å²) in [6.45, 7) is 5.15. The van der Waals surface area contributed by atoms with Gasteiger partial charge in [-0.15, -0.1) is 0 Å². The van der Waals surface area contributed by atoms with Gasteiger partial charge in [0.05, 0.1) is 6.54 Å². The van der Waals surface area contributed by atoms with Crippen LogP contribution in [0.25, 0.3) is 0 Å². The molecular formula is C8H12N2O. The van der Waals surface area contributed by atoms with E-state index in [1.807, 2.05) is 0 Å². The van der Waals surface area contributed by atoms with Gasteiger partial charge in [0.25, 0.3) is 0 Å². The van der Waals surface area contributed by atoms with Crippen LogP contribution in [0.1, 0.15) is 6.92 Å². The molecule has 0 bridgehead atoms. The van der Waals surface area contributed by atoms with Gasteiger partial charge in [0.2, 0.25) is 0 Å². The lowest BCUT2D eigenvalue weighted by atomic mass is 10.4. The lowest BCUT2D eigenvalue weighted by molar-refractivity contribution is -0.115. The van der Waals surface area contributed by atoms with Gasteiger partial charge < -0.3 is 5.73 Å². The van der Waals surface area contributed by atoms with Gasteiger partial charge in [-0.25, -0.2) is 0 Å². The largest absolute Gasteiger partial charge is 0.399 e. The van der Waals surface area contributed by atoms with Crippen LogP contribution in [0, 0.1) is 0 Å². The maximum atomic E-state index is 10.4. The summed E-state index contributed by atoms with van der Waals surface area (Å²) in [5, 5.41) is 0. The molecule has 0 radical (unpaired) electrons. The minimum atomic E-state index is 0.0341. The van der Waals surface area contributed by atoms with Gasteiger partial charge in [-0.1, -0.05) is 6.58 Å². The molecule has 0 aromatic heterocycles. The molecule has 0 heterocycles. The minimum Gasteiger partial charge on any atom is -0.399 e. The zero-order chi connectivity index (χ0) is 8.69. The Bertz CT molecular complexity index is 204. The normalized spacial score (nSPS) is 11.9. The molecule has 0 atom stereocenters. The van der Waals surface area contributed by atoms with E-state index in [0.717, 1.165) is 0 Å². The molecule has 0 rings (SSSR count). The van der Waals surface area contributed by atoms with Crippen molar-refractivity contribution < 1.29 is 4.79 Å². The van der Waals surface area contributed by atoms with Crippen LogP contribution in [0.3, 0.4) is 0 Å². The molecule has 3 heteroatoms. The van der Waals surface area contributed by atoms with Crippen molar-refractivity contribution in [1.82, 2.24) is 0 Å². The van der Waals surface area contributed by atoms with E-state index in [1.165, 1.54) is 19.2 Å². The third-order valence-electron chi connectivity index (χ3n) is 0.922. The highest BCUT2D eigenvalue weighted by atomic mass is 16.1. The van der Waals surface area contributed by atoms with Crippen LogP contribution in [0.2, 0.25) is 0 Å². The summed E-state index contributed by atoms with van der Waals surface area (Å²) in [4.78, 5) is 14.2. The topological polar surface area (TPSA) is 55.4 Å². The fourth-order valence-electron chi connectivity index (χ4n) is 0.388. The molecule has 0 amide bonds. The first-order chi connectivity index (χ1) is 5.16. The van der Waals surface area contributed by atoms with E-state index in [2.05, 4.69) is 11.6 Å². The molecule has 0 fully saturated rings. The highest BCUT2D eigenvalue weighted by Gasteiger charge is 1.84. The van der Waals surface area contributed by atoms with E-state index in [1.54, 1.807) is 6.08 Å². The fraction of sp³-hybridized carbons (Fsp3) is 0.250.